The number of aromatic nitrogens is 2. The van der Waals surface area contributed by atoms with E-state index in [2.05, 4.69) is 9.97 Å². The van der Waals surface area contributed by atoms with Crippen LogP contribution >= 0.6 is 0 Å². The van der Waals surface area contributed by atoms with Crippen LogP contribution in [0.25, 0.3) is 0 Å². The van der Waals surface area contributed by atoms with Gasteiger partial charge in [-0.05, 0) is 31.6 Å². The van der Waals surface area contributed by atoms with Crippen LogP contribution in [0.2, 0.25) is 0 Å². The van der Waals surface area contributed by atoms with Crippen molar-refractivity contribution in [2.75, 3.05) is 13.6 Å². The smallest absolute Gasteiger partial charge is 0.345 e. The van der Waals surface area contributed by atoms with Gasteiger partial charge in [0.25, 0.3) is 0 Å². The quantitative estimate of drug-likeness (QED) is 0.827. The van der Waals surface area contributed by atoms with Crippen molar-refractivity contribution in [3.8, 4) is 0 Å². The fourth-order valence-electron chi connectivity index (χ4n) is 3.28. The van der Waals surface area contributed by atoms with Gasteiger partial charge in [-0.25, -0.2) is 9.97 Å². The molecule has 1 aromatic rings. The van der Waals surface area contributed by atoms with Crippen molar-refractivity contribution in [3.63, 3.8) is 0 Å². The van der Waals surface area contributed by atoms with E-state index in [0.29, 0.717) is 25.1 Å². The predicted molar refractivity (Wildman–Crippen MR) is 84.4 cm³/mol. The van der Waals surface area contributed by atoms with Crippen LogP contribution in [0, 0.1) is 18.3 Å². The molecule has 0 spiro atoms. The molecule has 7 heteroatoms. The van der Waals surface area contributed by atoms with E-state index in [1.807, 2.05) is 20.8 Å². The number of rotatable bonds is 2. The summed E-state index contributed by atoms with van der Waals surface area (Å²) in [6, 6.07) is 0. The molecule has 1 heterocycles. The summed E-state index contributed by atoms with van der Waals surface area (Å²) in [6.07, 6.45) is -3.58. The van der Waals surface area contributed by atoms with Gasteiger partial charge in [-0.1, -0.05) is 20.8 Å². The van der Waals surface area contributed by atoms with Gasteiger partial charge in [0.1, 0.15) is 5.82 Å². The molecule has 0 radical (unpaired) electrons. The highest BCUT2D eigenvalue weighted by Crippen LogP contribution is 2.36. The lowest BCUT2D eigenvalue weighted by Crippen LogP contribution is -2.40. The molecule has 0 bridgehead atoms. The minimum Gasteiger partial charge on any atom is -0.345 e. The average Bonchev–Trinajstić information content (AvgIpc) is 2.42. The number of aryl methyl sites for hydroxylation is 2. The minimum atomic E-state index is -4.53. The van der Waals surface area contributed by atoms with Crippen LogP contribution in [0.4, 0.5) is 13.2 Å². The van der Waals surface area contributed by atoms with Crippen molar-refractivity contribution in [2.24, 2.45) is 11.3 Å². The molecule has 1 amide bonds. The summed E-state index contributed by atoms with van der Waals surface area (Å²) in [7, 11) is 1.71. The molecule has 0 aromatic carbocycles. The Balaban J connectivity index is 2.27. The van der Waals surface area contributed by atoms with E-state index in [-0.39, 0.29) is 29.1 Å². The third-order valence-corrected chi connectivity index (χ3v) is 4.09. The van der Waals surface area contributed by atoms with Gasteiger partial charge in [0.05, 0.1) is 0 Å². The number of alkyl halides is 3. The minimum absolute atomic E-state index is 0.0533. The maximum absolute atomic E-state index is 13.3. The highest BCUT2D eigenvalue weighted by Gasteiger charge is 2.40. The van der Waals surface area contributed by atoms with E-state index < -0.39 is 17.8 Å². The molecule has 0 fully saturated rings. The van der Waals surface area contributed by atoms with Gasteiger partial charge < -0.3 is 4.90 Å². The van der Waals surface area contributed by atoms with Gasteiger partial charge >= 0.3 is 6.18 Å². The Morgan fingerprint density at radius 3 is 2.42 bits per heavy atom. The number of hydrogen-bond acceptors (Lipinski definition) is 3. The normalized spacial score (nSPS) is 18.2. The average molecular weight is 343 g/mol. The molecule has 0 saturated carbocycles. The predicted octanol–water partition coefficient (Wildman–Crippen LogP) is 3.41. The molecule has 1 aromatic heterocycles. The molecular weight excluding hydrogens is 319 g/mol. The summed E-state index contributed by atoms with van der Waals surface area (Å²) in [5, 5.41) is 0. The van der Waals surface area contributed by atoms with Crippen LogP contribution in [0.15, 0.2) is 0 Å². The molecule has 134 valence electrons. The summed E-state index contributed by atoms with van der Waals surface area (Å²) < 4.78 is 39.8. The maximum atomic E-state index is 13.3. The lowest BCUT2D eigenvalue weighted by molar-refractivity contribution is -0.143. The highest BCUT2D eigenvalue weighted by molar-refractivity contribution is 5.79. The number of amides is 1. The van der Waals surface area contributed by atoms with Crippen molar-refractivity contribution in [1.29, 1.82) is 0 Å². The molecule has 1 aliphatic rings. The molecule has 4 nitrogen and oxygen atoms in total. The first kappa shape index (κ1) is 18.7. The van der Waals surface area contributed by atoms with Crippen LogP contribution in [0.1, 0.15) is 50.0 Å². The Kier molecular flexibility index (Phi) is 4.93. The van der Waals surface area contributed by atoms with Gasteiger partial charge in [0, 0.05) is 30.8 Å². The van der Waals surface area contributed by atoms with Crippen LogP contribution in [0.5, 0.6) is 0 Å². The number of fused-ring (bicyclic) bond motifs is 1. The van der Waals surface area contributed by atoms with Crippen molar-refractivity contribution in [2.45, 2.75) is 53.1 Å². The molecule has 0 N–H and O–H groups in total. The lowest BCUT2D eigenvalue weighted by atomic mass is 9.84. The maximum Gasteiger partial charge on any atom is 0.433 e. The van der Waals surface area contributed by atoms with Crippen molar-refractivity contribution in [1.82, 2.24) is 14.9 Å². The largest absolute Gasteiger partial charge is 0.433 e. The number of carbonyl (C=O) groups is 1. The van der Waals surface area contributed by atoms with Gasteiger partial charge in [0.2, 0.25) is 5.91 Å². The van der Waals surface area contributed by atoms with Gasteiger partial charge in [0.15, 0.2) is 5.69 Å². The lowest BCUT2D eigenvalue weighted by Gasteiger charge is -2.32. The van der Waals surface area contributed by atoms with E-state index in [1.54, 1.807) is 11.9 Å². The fourth-order valence-corrected chi connectivity index (χ4v) is 3.28. The Bertz CT molecular complexity index is 635. The van der Waals surface area contributed by atoms with Crippen molar-refractivity contribution in [3.05, 3.63) is 22.8 Å². The van der Waals surface area contributed by atoms with E-state index in [0.717, 1.165) is 0 Å². The van der Waals surface area contributed by atoms with E-state index in [9.17, 15) is 18.0 Å². The first-order valence-corrected chi connectivity index (χ1v) is 8.07. The van der Waals surface area contributed by atoms with Crippen LogP contribution in [-0.4, -0.2) is 34.4 Å². The number of hydrogen-bond donors (Lipinski definition) is 0. The van der Waals surface area contributed by atoms with Crippen LogP contribution in [0.3, 0.4) is 0 Å². The summed E-state index contributed by atoms with van der Waals surface area (Å²) >= 11 is 0. The van der Waals surface area contributed by atoms with Gasteiger partial charge in [-0.3, -0.25) is 4.79 Å². The zero-order chi connectivity index (χ0) is 18.3. The van der Waals surface area contributed by atoms with E-state index in [1.165, 1.54) is 6.92 Å². The molecule has 0 unspecified atom stereocenters. The molecule has 1 aliphatic carbocycles. The standard InChI is InChI=1S/C17H24F3N3O/c1-10-21-13-7-6-11(15(24)23(5)9-16(2,3)4)8-12(13)14(22-10)17(18,19)20/h11H,6-9H2,1-5H3/t11-/m1/s1. The zero-order valence-electron chi connectivity index (χ0n) is 14.8. The Hall–Kier alpha value is -1.66. The SMILES string of the molecule is Cc1nc2c(c(C(F)(F)F)n1)C[C@H](C(=O)N(C)CC(C)(C)C)CC2. The Morgan fingerprint density at radius 1 is 1.25 bits per heavy atom. The van der Waals surface area contributed by atoms with Crippen LogP contribution < -0.4 is 0 Å². The summed E-state index contributed by atoms with van der Waals surface area (Å²) in [5.74, 6) is -0.433. The second kappa shape index (κ2) is 6.33. The molecule has 2 rings (SSSR count). The first-order chi connectivity index (χ1) is 10.9. The summed E-state index contributed by atoms with van der Waals surface area (Å²) in [4.78, 5) is 22.0. The Labute approximate surface area is 140 Å². The second-order valence-corrected chi connectivity index (χ2v) is 7.74. The number of halogens is 3. The summed E-state index contributed by atoms with van der Waals surface area (Å²) in [6.45, 7) is 8.08. The third kappa shape index (κ3) is 4.24. The third-order valence-electron chi connectivity index (χ3n) is 4.09. The number of nitrogens with zero attached hydrogens (tertiary/aromatic N) is 3. The van der Waals surface area contributed by atoms with Crippen molar-refractivity contribution < 1.29 is 18.0 Å². The second-order valence-electron chi connectivity index (χ2n) is 7.74. The Morgan fingerprint density at radius 2 is 1.88 bits per heavy atom. The molecule has 24 heavy (non-hydrogen) atoms. The zero-order valence-corrected chi connectivity index (χ0v) is 14.8. The molecule has 0 aliphatic heterocycles. The highest BCUT2D eigenvalue weighted by atomic mass is 19.4. The topological polar surface area (TPSA) is 46.1 Å². The summed E-state index contributed by atoms with van der Waals surface area (Å²) in [5.41, 5.74) is -0.436. The van der Waals surface area contributed by atoms with E-state index in [4.69, 9.17) is 0 Å². The van der Waals surface area contributed by atoms with E-state index >= 15 is 0 Å². The first-order valence-electron chi connectivity index (χ1n) is 8.07. The van der Waals surface area contributed by atoms with Crippen LogP contribution in [-0.2, 0) is 23.8 Å². The molecule has 1 atom stereocenters. The fraction of sp³-hybridized carbons (Fsp3) is 0.706. The molecule has 0 saturated heterocycles. The molecular formula is C17H24F3N3O. The number of carbonyl (C=O) groups excluding carboxylic acids is 1. The van der Waals surface area contributed by atoms with Gasteiger partial charge in [-0.2, -0.15) is 13.2 Å². The monoisotopic (exact) mass is 343 g/mol. The van der Waals surface area contributed by atoms with Gasteiger partial charge in [-0.15, -0.1) is 0 Å². The van der Waals surface area contributed by atoms with Crippen molar-refractivity contribution >= 4 is 5.91 Å².